The summed E-state index contributed by atoms with van der Waals surface area (Å²) in [4.78, 5) is 0. The van der Waals surface area contributed by atoms with Crippen molar-refractivity contribution in [3.63, 3.8) is 0 Å². The highest BCUT2D eigenvalue weighted by Gasteiger charge is 2.16. The number of hydrogen-bond donors (Lipinski definition) is 1. The third-order valence-corrected chi connectivity index (χ3v) is 3.78. The van der Waals surface area contributed by atoms with E-state index < -0.39 is 0 Å². The second kappa shape index (κ2) is 5.40. The van der Waals surface area contributed by atoms with E-state index in [0.29, 0.717) is 20.8 Å². The summed E-state index contributed by atoms with van der Waals surface area (Å²) in [6.45, 7) is 2.05. The van der Waals surface area contributed by atoms with Crippen LogP contribution >= 0.6 is 34.8 Å². The number of hydrogen-bond acceptors (Lipinski definition) is 1. The lowest BCUT2D eigenvalue weighted by atomic mass is 9.93. The van der Waals surface area contributed by atoms with Crippen molar-refractivity contribution in [2.45, 2.75) is 12.8 Å². The summed E-state index contributed by atoms with van der Waals surface area (Å²) in [6.07, 6.45) is 0. The molecule has 0 aromatic heterocycles. The van der Waals surface area contributed by atoms with E-state index in [-0.39, 0.29) is 5.92 Å². The molecule has 2 rings (SSSR count). The van der Waals surface area contributed by atoms with Gasteiger partial charge >= 0.3 is 0 Å². The highest BCUT2D eigenvalue weighted by Crippen LogP contribution is 2.37. The molecule has 0 saturated carbocycles. The Bertz CT molecular complexity index is 541. The fourth-order valence-electron chi connectivity index (χ4n) is 1.94. The first-order valence-electron chi connectivity index (χ1n) is 5.49. The van der Waals surface area contributed by atoms with Gasteiger partial charge in [-0.3, -0.25) is 0 Å². The topological polar surface area (TPSA) is 26.0 Å². The molecule has 0 heterocycles. The van der Waals surface area contributed by atoms with Gasteiger partial charge in [-0.05, 0) is 35.4 Å². The van der Waals surface area contributed by atoms with Crippen molar-refractivity contribution in [1.82, 2.24) is 0 Å². The molecule has 0 bridgehead atoms. The molecule has 0 radical (unpaired) electrons. The van der Waals surface area contributed by atoms with E-state index in [0.717, 1.165) is 11.1 Å². The summed E-state index contributed by atoms with van der Waals surface area (Å²) in [5.74, 6) is 0.0860. The first-order valence-corrected chi connectivity index (χ1v) is 6.62. The molecule has 18 heavy (non-hydrogen) atoms. The normalized spacial score (nSPS) is 12.4. The molecule has 0 aliphatic carbocycles. The van der Waals surface area contributed by atoms with Crippen LogP contribution in [0.1, 0.15) is 24.0 Å². The highest BCUT2D eigenvalue weighted by molar-refractivity contribution is 6.36. The molecule has 0 fully saturated rings. The maximum absolute atomic E-state index is 6.22. The Hall–Kier alpha value is -0.890. The molecular weight excluding hydrogens is 289 g/mol. The van der Waals surface area contributed by atoms with E-state index in [1.165, 1.54) is 0 Å². The van der Waals surface area contributed by atoms with Crippen molar-refractivity contribution in [1.29, 1.82) is 0 Å². The molecule has 4 heteroatoms. The molecule has 2 aromatic rings. The maximum atomic E-state index is 6.22. The standard InChI is InChI=1S/C14H12Cl3N/c1-8(9-2-4-10(15)5-3-9)14-12(16)6-11(18)7-13(14)17/h2-8H,18H2,1H3. The molecule has 0 aliphatic heterocycles. The number of nitrogens with two attached hydrogens (primary N) is 1. The summed E-state index contributed by atoms with van der Waals surface area (Å²) >= 11 is 18.3. The third kappa shape index (κ3) is 2.74. The second-order valence-electron chi connectivity index (χ2n) is 4.17. The van der Waals surface area contributed by atoms with Crippen LogP contribution in [0.5, 0.6) is 0 Å². The molecule has 2 aromatic carbocycles. The summed E-state index contributed by atoms with van der Waals surface area (Å²) in [6, 6.07) is 11.1. The number of anilines is 1. The second-order valence-corrected chi connectivity index (χ2v) is 5.42. The Morgan fingerprint density at radius 1 is 0.944 bits per heavy atom. The fraction of sp³-hybridized carbons (Fsp3) is 0.143. The van der Waals surface area contributed by atoms with Gasteiger partial charge in [0.05, 0.1) is 0 Å². The zero-order chi connectivity index (χ0) is 13.3. The number of benzene rings is 2. The van der Waals surface area contributed by atoms with E-state index in [1.807, 2.05) is 31.2 Å². The van der Waals surface area contributed by atoms with Gasteiger partial charge in [0.15, 0.2) is 0 Å². The van der Waals surface area contributed by atoms with E-state index in [9.17, 15) is 0 Å². The van der Waals surface area contributed by atoms with Crippen LogP contribution in [0.2, 0.25) is 15.1 Å². The monoisotopic (exact) mass is 299 g/mol. The van der Waals surface area contributed by atoms with Crippen molar-refractivity contribution in [3.8, 4) is 0 Å². The van der Waals surface area contributed by atoms with Gasteiger partial charge in [-0.15, -0.1) is 0 Å². The summed E-state index contributed by atoms with van der Waals surface area (Å²) < 4.78 is 0. The Morgan fingerprint density at radius 3 is 1.94 bits per heavy atom. The number of halogens is 3. The predicted octanol–water partition coefficient (Wildman–Crippen LogP) is 5.38. The van der Waals surface area contributed by atoms with Crippen molar-refractivity contribution in [2.24, 2.45) is 0 Å². The summed E-state index contributed by atoms with van der Waals surface area (Å²) in [5.41, 5.74) is 8.26. The minimum Gasteiger partial charge on any atom is -0.399 e. The van der Waals surface area contributed by atoms with Crippen LogP contribution in [-0.2, 0) is 0 Å². The summed E-state index contributed by atoms with van der Waals surface area (Å²) in [5, 5.41) is 1.88. The summed E-state index contributed by atoms with van der Waals surface area (Å²) in [7, 11) is 0. The first-order chi connectivity index (χ1) is 8.49. The van der Waals surface area contributed by atoms with Gasteiger partial charge in [0.1, 0.15) is 0 Å². The zero-order valence-electron chi connectivity index (χ0n) is 9.75. The zero-order valence-corrected chi connectivity index (χ0v) is 12.0. The lowest BCUT2D eigenvalue weighted by molar-refractivity contribution is 0.923. The molecule has 0 spiro atoms. The molecule has 1 atom stereocenters. The van der Waals surface area contributed by atoms with Gasteiger partial charge in [0.2, 0.25) is 0 Å². The average molecular weight is 301 g/mol. The Morgan fingerprint density at radius 2 is 1.44 bits per heavy atom. The van der Waals surface area contributed by atoms with Crippen LogP contribution in [0, 0.1) is 0 Å². The van der Waals surface area contributed by atoms with Crippen LogP contribution < -0.4 is 5.73 Å². The molecule has 0 amide bonds. The van der Waals surface area contributed by atoms with Crippen molar-refractivity contribution in [3.05, 3.63) is 62.6 Å². The van der Waals surface area contributed by atoms with Crippen LogP contribution in [0.4, 0.5) is 5.69 Å². The minimum atomic E-state index is 0.0860. The molecule has 94 valence electrons. The SMILES string of the molecule is CC(c1ccc(Cl)cc1)c1c(Cl)cc(N)cc1Cl. The molecular formula is C14H12Cl3N. The van der Waals surface area contributed by atoms with Crippen LogP contribution in [-0.4, -0.2) is 0 Å². The smallest absolute Gasteiger partial charge is 0.0479 e. The molecule has 1 nitrogen and oxygen atoms in total. The van der Waals surface area contributed by atoms with Gasteiger partial charge in [0, 0.05) is 26.7 Å². The number of nitrogen functional groups attached to an aromatic ring is 1. The van der Waals surface area contributed by atoms with E-state index >= 15 is 0 Å². The molecule has 2 N–H and O–H groups in total. The van der Waals surface area contributed by atoms with Crippen molar-refractivity contribution >= 4 is 40.5 Å². The van der Waals surface area contributed by atoms with Crippen LogP contribution in [0.15, 0.2) is 36.4 Å². The lowest BCUT2D eigenvalue weighted by Gasteiger charge is -2.16. The lowest BCUT2D eigenvalue weighted by Crippen LogP contribution is -1.99. The Labute approximate surface area is 121 Å². The van der Waals surface area contributed by atoms with Gasteiger partial charge in [-0.1, -0.05) is 53.9 Å². The molecule has 1 unspecified atom stereocenters. The maximum Gasteiger partial charge on any atom is 0.0479 e. The predicted molar refractivity (Wildman–Crippen MR) is 79.8 cm³/mol. The fourth-order valence-corrected chi connectivity index (χ4v) is 2.89. The van der Waals surface area contributed by atoms with Crippen molar-refractivity contribution in [2.75, 3.05) is 5.73 Å². The van der Waals surface area contributed by atoms with Crippen LogP contribution in [0.25, 0.3) is 0 Å². The van der Waals surface area contributed by atoms with E-state index in [1.54, 1.807) is 12.1 Å². The molecule has 0 saturated heterocycles. The third-order valence-electron chi connectivity index (χ3n) is 2.90. The quantitative estimate of drug-likeness (QED) is 0.740. The van der Waals surface area contributed by atoms with Gasteiger partial charge in [-0.2, -0.15) is 0 Å². The van der Waals surface area contributed by atoms with Gasteiger partial charge < -0.3 is 5.73 Å². The number of rotatable bonds is 2. The van der Waals surface area contributed by atoms with E-state index in [2.05, 4.69) is 0 Å². The van der Waals surface area contributed by atoms with Crippen LogP contribution in [0.3, 0.4) is 0 Å². The molecule has 0 aliphatic rings. The highest BCUT2D eigenvalue weighted by atomic mass is 35.5. The Balaban J connectivity index is 2.46. The average Bonchev–Trinajstić information content (AvgIpc) is 2.28. The minimum absolute atomic E-state index is 0.0860. The Kier molecular flexibility index (Phi) is 4.06. The first kappa shape index (κ1) is 13.5. The van der Waals surface area contributed by atoms with Crippen molar-refractivity contribution < 1.29 is 0 Å². The largest absolute Gasteiger partial charge is 0.399 e. The van der Waals surface area contributed by atoms with Gasteiger partial charge in [-0.25, -0.2) is 0 Å². The van der Waals surface area contributed by atoms with Gasteiger partial charge in [0.25, 0.3) is 0 Å². The van der Waals surface area contributed by atoms with E-state index in [4.69, 9.17) is 40.5 Å².